The molecule has 0 heterocycles. The first-order valence-electron chi connectivity index (χ1n) is 9.11. The highest BCUT2D eigenvalue weighted by molar-refractivity contribution is 4.96. The Bertz CT molecular complexity index is 292. The molecule has 21 heavy (non-hydrogen) atoms. The Morgan fingerprint density at radius 3 is 2.38 bits per heavy atom. The van der Waals surface area contributed by atoms with Gasteiger partial charge in [-0.05, 0) is 70.1 Å². The molecule has 0 radical (unpaired) electrons. The van der Waals surface area contributed by atoms with Crippen LogP contribution >= 0.6 is 0 Å². The van der Waals surface area contributed by atoms with Crippen LogP contribution in [0.25, 0.3) is 0 Å². The molecule has 4 unspecified atom stereocenters. The zero-order chi connectivity index (χ0) is 16.1. The molecule has 0 aliphatic heterocycles. The van der Waals surface area contributed by atoms with E-state index in [9.17, 15) is 10.2 Å². The number of hydrogen-bond donors (Lipinski definition) is 2. The van der Waals surface area contributed by atoms with Gasteiger partial charge >= 0.3 is 0 Å². The van der Waals surface area contributed by atoms with Crippen molar-refractivity contribution in [1.82, 2.24) is 0 Å². The van der Waals surface area contributed by atoms with Crippen molar-refractivity contribution in [1.29, 1.82) is 0 Å². The normalized spacial score (nSPS) is 31.6. The summed E-state index contributed by atoms with van der Waals surface area (Å²) in [6.45, 7) is 10.5. The van der Waals surface area contributed by atoms with Crippen molar-refractivity contribution >= 4 is 0 Å². The van der Waals surface area contributed by atoms with Crippen molar-refractivity contribution in [2.75, 3.05) is 0 Å². The van der Waals surface area contributed by atoms with E-state index in [0.29, 0.717) is 11.3 Å². The third kappa shape index (κ3) is 5.56. The topological polar surface area (TPSA) is 40.5 Å². The number of aliphatic hydroxyl groups is 2. The van der Waals surface area contributed by atoms with Crippen molar-refractivity contribution in [3.63, 3.8) is 0 Å². The highest BCUT2D eigenvalue weighted by Gasteiger charge is 2.47. The third-order valence-electron chi connectivity index (χ3n) is 5.85. The van der Waals surface area contributed by atoms with Crippen LogP contribution < -0.4 is 0 Å². The quantitative estimate of drug-likeness (QED) is 0.593. The maximum atomic E-state index is 10.2. The monoisotopic (exact) mass is 298 g/mol. The molecule has 2 N–H and O–H groups in total. The molecule has 126 valence electrons. The van der Waals surface area contributed by atoms with Crippen LogP contribution in [0.2, 0.25) is 0 Å². The first-order valence-corrected chi connectivity index (χ1v) is 9.11. The van der Waals surface area contributed by atoms with Crippen LogP contribution in [-0.4, -0.2) is 21.9 Å². The second-order valence-electron chi connectivity index (χ2n) is 8.29. The number of unbranched alkanes of at least 4 members (excludes halogenated alkanes) is 2. The van der Waals surface area contributed by atoms with E-state index in [4.69, 9.17) is 0 Å². The summed E-state index contributed by atoms with van der Waals surface area (Å²) in [6.07, 6.45) is 10.6. The first kappa shape index (κ1) is 19.0. The van der Waals surface area contributed by atoms with Gasteiger partial charge in [-0.1, -0.05) is 39.5 Å². The molecule has 2 nitrogen and oxygen atoms in total. The van der Waals surface area contributed by atoms with E-state index in [1.54, 1.807) is 0 Å². The minimum absolute atomic E-state index is 0.173. The van der Waals surface area contributed by atoms with Gasteiger partial charge in [0.2, 0.25) is 0 Å². The van der Waals surface area contributed by atoms with Crippen molar-refractivity contribution in [2.45, 2.75) is 104 Å². The minimum atomic E-state index is -0.524. The number of aliphatic hydroxyl groups excluding tert-OH is 1. The second kappa shape index (κ2) is 7.97. The SMILES string of the molecule is CCCCC1(C)C(CCCCC(C)(C)O)CCC1C(C)O. The molecule has 1 aliphatic rings. The molecular weight excluding hydrogens is 260 g/mol. The van der Waals surface area contributed by atoms with Gasteiger partial charge in [-0.15, -0.1) is 0 Å². The lowest BCUT2D eigenvalue weighted by atomic mass is 9.67. The van der Waals surface area contributed by atoms with E-state index >= 15 is 0 Å². The molecule has 1 saturated carbocycles. The van der Waals surface area contributed by atoms with Crippen LogP contribution in [0.15, 0.2) is 0 Å². The van der Waals surface area contributed by atoms with Gasteiger partial charge in [0.15, 0.2) is 0 Å². The number of hydrogen-bond acceptors (Lipinski definition) is 2. The average Bonchev–Trinajstić information content (AvgIpc) is 2.69. The van der Waals surface area contributed by atoms with Gasteiger partial charge in [0, 0.05) is 0 Å². The molecule has 0 aromatic heterocycles. The molecular formula is C19H38O2. The fourth-order valence-corrected chi connectivity index (χ4v) is 4.50. The molecule has 1 fully saturated rings. The standard InChI is InChI=1S/C19H38O2/c1-6-7-14-19(5)16(11-12-17(19)15(2)20)10-8-9-13-18(3,4)21/h15-17,20-21H,6-14H2,1-5H3. The Morgan fingerprint density at radius 2 is 1.86 bits per heavy atom. The van der Waals surface area contributed by atoms with Gasteiger partial charge in [0.25, 0.3) is 0 Å². The van der Waals surface area contributed by atoms with Crippen LogP contribution in [-0.2, 0) is 0 Å². The Hall–Kier alpha value is -0.0800. The van der Waals surface area contributed by atoms with Crippen molar-refractivity contribution in [2.24, 2.45) is 17.3 Å². The summed E-state index contributed by atoms with van der Waals surface area (Å²) in [5.74, 6) is 1.23. The lowest BCUT2D eigenvalue weighted by molar-refractivity contribution is 0.0270. The molecule has 4 atom stereocenters. The van der Waals surface area contributed by atoms with E-state index in [1.165, 1.54) is 44.9 Å². The summed E-state index contributed by atoms with van der Waals surface area (Å²) in [4.78, 5) is 0. The molecule has 0 aromatic carbocycles. The van der Waals surface area contributed by atoms with E-state index < -0.39 is 5.60 Å². The van der Waals surface area contributed by atoms with E-state index in [2.05, 4.69) is 13.8 Å². The van der Waals surface area contributed by atoms with Gasteiger partial charge in [-0.2, -0.15) is 0 Å². The Balaban J connectivity index is 2.55. The number of rotatable bonds is 9. The Kier molecular flexibility index (Phi) is 7.19. The summed E-state index contributed by atoms with van der Waals surface area (Å²) in [6, 6.07) is 0. The summed E-state index contributed by atoms with van der Waals surface area (Å²) in [5, 5.41) is 20.0. The first-order chi connectivity index (χ1) is 9.70. The predicted octanol–water partition coefficient (Wildman–Crippen LogP) is 4.92. The highest BCUT2D eigenvalue weighted by atomic mass is 16.3. The van der Waals surface area contributed by atoms with Gasteiger partial charge in [0.05, 0.1) is 11.7 Å². The largest absolute Gasteiger partial charge is 0.393 e. The predicted molar refractivity (Wildman–Crippen MR) is 90.3 cm³/mol. The summed E-state index contributed by atoms with van der Waals surface area (Å²) in [5.41, 5.74) is -0.206. The molecule has 0 amide bonds. The van der Waals surface area contributed by atoms with E-state index in [1.807, 2.05) is 20.8 Å². The van der Waals surface area contributed by atoms with Crippen LogP contribution in [0.5, 0.6) is 0 Å². The molecule has 0 bridgehead atoms. The molecule has 1 aliphatic carbocycles. The molecule has 2 heteroatoms. The van der Waals surface area contributed by atoms with Crippen molar-refractivity contribution in [3.8, 4) is 0 Å². The highest BCUT2D eigenvalue weighted by Crippen LogP contribution is 2.54. The van der Waals surface area contributed by atoms with Gasteiger partial charge < -0.3 is 10.2 Å². The zero-order valence-electron chi connectivity index (χ0n) is 15.0. The smallest absolute Gasteiger partial charge is 0.0591 e. The lowest BCUT2D eigenvalue weighted by Crippen LogP contribution is -2.34. The molecule has 0 aromatic rings. The van der Waals surface area contributed by atoms with E-state index in [-0.39, 0.29) is 6.10 Å². The fourth-order valence-electron chi connectivity index (χ4n) is 4.50. The van der Waals surface area contributed by atoms with E-state index in [0.717, 1.165) is 18.8 Å². The second-order valence-corrected chi connectivity index (χ2v) is 8.29. The summed E-state index contributed by atoms with van der Waals surface area (Å²) >= 11 is 0. The molecule has 1 rings (SSSR count). The van der Waals surface area contributed by atoms with Crippen molar-refractivity contribution in [3.05, 3.63) is 0 Å². The molecule has 0 spiro atoms. The third-order valence-corrected chi connectivity index (χ3v) is 5.85. The maximum Gasteiger partial charge on any atom is 0.0591 e. The van der Waals surface area contributed by atoms with Crippen LogP contribution in [0, 0.1) is 17.3 Å². The molecule has 0 saturated heterocycles. The van der Waals surface area contributed by atoms with Crippen LogP contribution in [0.1, 0.15) is 92.4 Å². The summed E-state index contributed by atoms with van der Waals surface area (Å²) in [7, 11) is 0. The van der Waals surface area contributed by atoms with Gasteiger partial charge in [-0.3, -0.25) is 0 Å². The Morgan fingerprint density at radius 1 is 1.19 bits per heavy atom. The van der Waals surface area contributed by atoms with Crippen LogP contribution in [0.3, 0.4) is 0 Å². The van der Waals surface area contributed by atoms with Crippen molar-refractivity contribution < 1.29 is 10.2 Å². The van der Waals surface area contributed by atoms with Crippen LogP contribution in [0.4, 0.5) is 0 Å². The Labute approximate surface area is 132 Å². The minimum Gasteiger partial charge on any atom is -0.393 e. The zero-order valence-corrected chi connectivity index (χ0v) is 15.0. The lowest BCUT2D eigenvalue weighted by Gasteiger charge is -2.39. The summed E-state index contributed by atoms with van der Waals surface area (Å²) < 4.78 is 0. The average molecular weight is 299 g/mol. The van der Waals surface area contributed by atoms with Gasteiger partial charge in [-0.25, -0.2) is 0 Å². The van der Waals surface area contributed by atoms with Gasteiger partial charge in [0.1, 0.15) is 0 Å². The fraction of sp³-hybridized carbons (Fsp3) is 1.00. The maximum absolute atomic E-state index is 10.2.